The van der Waals surface area contributed by atoms with Crippen molar-refractivity contribution in [2.75, 3.05) is 0 Å². The van der Waals surface area contributed by atoms with Crippen LogP contribution < -0.4 is 5.48 Å². The van der Waals surface area contributed by atoms with Crippen LogP contribution in [0.2, 0.25) is 0 Å². The lowest BCUT2D eigenvalue weighted by Crippen LogP contribution is -2.48. The van der Waals surface area contributed by atoms with E-state index < -0.39 is 5.41 Å². The van der Waals surface area contributed by atoms with Crippen molar-refractivity contribution in [1.82, 2.24) is 5.48 Å². The fourth-order valence-corrected chi connectivity index (χ4v) is 2.31. The van der Waals surface area contributed by atoms with Crippen LogP contribution in [0.4, 0.5) is 0 Å². The van der Waals surface area contributed by atoms with Gasteiger partial charge >= 0.3 is 0 Å². The number of benzene rings is 1. The zero-order valence-corrected chi connectivity index (χ0v) is 10.3. The summed E-state index contributed by atoms with van der Waals surface area (Å²) in [6.07, 6.45) is 1.23. The zero-order valence-electron chi connectivity index (χ0n) is 10.3. The van der Waals surface area contributed by atoms with E-state index in [-0.39, 0.29) is 5.91 Å². The van der Waals surface area contributed by atoms with Crippen LogP contribution in [0.25, 0.3) is 0 Å². The van der Waals surface area contributed by atoms with E-state index in [1.165, 1.54) is 0 Å². The second-order valence-corrected chi connectivity index (χ2v) is 4.91. The molecule has 94 valence electrons. The monoisotopic (exact) mass is 244 g/mol. The summed E-state index contributed by atoms with van der Waals surface area (Å²) in [6, 6.07) is 11.7. The molecule has 18 heavy (non-hydrogen) atoms. The first-order chi connectivity index (χ1) is 8.66. The van der Waals surface area contributed by atoms with Gasteiger partial charge in [0.2, 0.25) is 0 Å². The van der Waals surface area contributed by atoms with Crippen molar-refractivity contribution in [1.29, 1.82) is 5.26 Å². The molecule has 0 atom stereocenters. The summed E-state index contributed by atoms with van der Waals surface area (Å²) < 4.78 is 0. The minimum absolute atomic E-state index is 0.309. The maximum atomic E-state index is 11.9. The topological polar surface area (TPSA) is 62.1 Å². The summed E-state index contributed by atoms with van der Waals surface area (Å²) in [5.41, 5.74) is 2.48. The van der Waals surface area contributed by atoms with E-state index in [0.29, 0.717) is 25.4 Å². The fraction of sp³-hybridized carbons (Fsp3) is 0.429. The molecule has 0 aliphatic heterocycles. The van der Waals surface area contributed by atoms with Crippen LogP contribution in [0.5, 0.6) is 0 Å². The van der Waals surface area contributed by atoms with Gasteiger partial charge in [-0.15, -0.1) is 0 Å². The van der Waals surface area contributed by atoms with Crippen molar-refractivity contribution >= 4 is 5.91 Å². The van der Waals surface area contributed by atoms with Crippen molar-refractivity contribution in [3.63, 3.8) is 0 Å². The van der Waals surface area contributed by atoms with Gasteiger partial charge in [0.05, 0.1) is 12.7 Å². The number of nitrogens with zero attached hydrogens (tertiary/aromatic N) is 1. The molecule has 0 aromatic heterocycles. The number of rotatable bonds is 4. The number of hydrogen-bond donors (Lipinski definition) is 1. The van der Waals surface area contributed by atoms with Crippen molar-refractivity contribution in [2.45, 2.75) is 26.4 Å². The minimum atomic E-state index is -0.879. The fourth-order valence-electron chi connectivity index (χ4n) is 2.31. The molecule has 1 N–H and O–H groups in total. The van der Waals surface area contributed by atoms with Gasteiger partial charge in [-0.25, -0.2) is 5.48 Å². The molecule has 1 saturated carbocycles. The Morgan fingerprint density at radius 2 is 2.17 bits per heavy atom. The van der Waals surface area contributed by atoms with E-state index in [1.54, 1.807) is 0 Å². The van der Waals surface area contributed by atoms with Gasteiger partial charge in [0.25, 0.3) is 5.91 Å². The number of hydroxylamine groups is 1. The molecule has 0 bridgehead atoms. The molecule has 4 heteroatoms. The average Bonchev–Trinajstić information content (AvgIpc) is 2.36. The second-order valence-electron chi connectivity index (χ2n) is 4.91. The third-order valence-electron chi connectivity index (χ3n) is 3.29. The molecule has 1 aromatic carbocycles. The van der Waals surface area contributed by atoms with Crippen LogP contribution in [0, 0.1) is 22.7 Å². The number of carbonyl (C=O) groups excluding carboxylic acids is 1. The van der Waals surface area contributed by atoms with Gasteiger partial charge in [-0.1, -0.05) is 37.3 Å². The molecule has 0 radical (unpaired) electrons. The van der Waals surface area contributed by atoms with Crippen LogP contribution in [-0.4, -0.2) is 5.91 Å². The Balaban J connectivity index is 1.81. The highest BCUT2D eigenvalue weighted by atomic mass is 16.6. The molecule has 0 spiro atoms. The highest BCUT2D eigenvalue weighted by molar-refractivity contribution is 5.85. The van der Waals surface area contributed by atoms with Crippen LogP contribution in [0.3, 0.4) is 0 Å². The average molecular weight is 244 g/mol. The quantitative estimate of drug-likeness (QED) is 0.826. The molecular formula is C14H16N2O2. The summed E-state index contributed by atoms with van der Waals surface area (Å²) in [4.78, 5) is 17.0. The Morgan fingerprint density at radius 1 is 1.50 bits per heavy atom. The lowest BCUT2D eigenvalue weighted by Gasteiger charge is -2.38. The number of nitriles is 1. The predicted octanol–water partition coefficient (Wildman–Crippen LogP) is 2.17. The molecule has 1 fully saturated rings. The molecule has 0 saturated heterocycles. The summed E-state index contributed by atoms with van der Waals surface area (Å²) in [7, 11) is 0. The van der Waals surface area contributed by atoms with Gasteiger partial charge in [0.1, 0.15) is 5.41 Å². The summed E-state index contributed by atoms with van der Waals surface area (Å²) in [6.45, 7) is 2.34. The lowest BCUT2D eigenvalue weighted by molar-refractivity contribution is -0.148. The van der Waals surface area contributed by atoms with E-state index in [0.717, 1.165) is 5.56 Å². The summed E-state index contributed by atoms with van der Waals surface area (Å²) in [5.74, 6) is 0.114. The third-order valence-corrected chi connectivity index (χ3v) is 3.29. The van der Waals surface area contributed by atoms with Crippen LogP contribution in [0.1, 0.15) is 25.3 Å². The van der Waals surface area contributed by atoms with Gasteiger partial charge in [-0.2, -0.15) is 5.26 Å². The van der Waals surface area contributed by atoms with Gasteiger partial charge < -0.3 is 0 Å². The van der Waals surface area contributed by atoms with E-state index >= 15 is 0 Å². The Kier molecular flexibility index (Phi) is 3.63. The number of hydrogen-bond acceptors (Lipinski definition) is 3. The zero-order chi connectivity index (χ0) is 13.0. The molecule has 0 heterocycles. The van der Waals surface area contributed by atoms with Crippen LogP contribution >= 0.6 is 0 Å². The molecule has 1 amide bonds. The summed E-state index contributed by atoms with van der Waals surface area (Å²) >= 11 is 0. The largest absolute Gasteiger partial charge is 0.271 e. The first-order valence-corrected chi connectivity index (χ1v) is 6.04. The SMILES string of the molecule is CC1CC(C#N)(C(=O)NOCc2ccccc2)C1. The molecule has 0 unspecified atom stereocenters. The molecule has 1 aromatic rings. The van der Waals surface area contributed by atoms with Gasteiger partial charge in [-0.3, -0.25) is 9.63 Å². The van der Waals surface area contributed by atoms with E-state index in [1.807, 2.05) is 37.3 Å². The van der Waals surface area contributed by atoms with E-state index in [9.17, 15) is 4.79 Å². The maximum absolute atomic E-state index is 11.9. The van der Waals surface area contributed by atoms with Gasteiger partial charge in [0.15, 0.2) is 0 Å². The van der Waals surface area contributed by atoms with Crippen molar-refractivity contribution in [3.8, 4) is 6.07 Å². The highest BCUT2D eigenvalue weighted by Crippen LogP contribution is 2.44. The normalized spacial score (nSPS) is 25.9. The van der Waals surface area contributed by atoms with Crippen molar-refractivity contribution in [3.05, 3.63) is 35.9 Å². The Bertz CT molecular complexity index is 458. The van der Waals surface area contributed by atoms with E-state index in [4.69, 9.17) is 10.1 Å². The van der Waals surface area contributed by atoms with Crippen molar-refractivity contribution < 1.29 is 9.63 Å². The maximum Gasteiger partial charge on any atom is 0.264 e. The Labute approximate surface area is 107 Å². The molecule has 4 nitrogen and oxygen atoms in total. The molecule has 1 aliphatic rings. The standard InChI is InChI=1S/C14H16N2O2/c1-11-7-14(8-11,10-15)13(17)16-18-9-12-5-3-2-4-6-12/h2-6,11H,7-9H2,1H3,(H,16,17). The second kappa shape index (κ2) is 5.19. The first kappa shape index (κ1) is 12.6. The number of nitrogens with one attached hydrogen (secondary N) is 1. The number of amides is 1. The van der Waals surface area contributed by atoms with Crippen LogP contribution in [-0.2, 0) is 16.2 Å². The minimum Gasteiger partial charge on any atom is -0.271 e. The predicted molar refractivity (Wildman–Crippen MR) is 65.8 cm³/mol. The Morgan fingerprint density at radius 3 is 2.72 bits per heavy atom. The van der Waals surface area contributed by atoms with Gasteiger partial charge in [-0.05, 0) is 24.3 Å². The summed E-state index contributed by atoms with van der Waals surface area (Å²) in [5, 5.41) is 9.07. The molecule has 1 aliphatic carbocycles. The smallest absolute Gasteiger partial charge is 0.264 e. The third kappa shape index (κ3) is 2.52. The highest BCUT2D eigenvalue weighted by Gasteiger charge is 2.49. The first-order valence-electron chi connectivity index (χ1n) is 6.04. The van der Waals surface area contributed by atoms with Gasteiger partial charge in [0, 0.05) is 0 Å². The van der Waals surface area contributed by atoms with Crippen molar-refractivity contribution in [2.24, 2.45) is 11.3 Å². The Hall–Kier alpha value is -1.86. The molecular weight excluding hydrogens is 228 g/mol. The molecule has 2 rings (SSSR count). The van der Waals surface area contributed by atoms with Crippen LogP contribution in [0.15, 0.2) is 30.3 Å². The van der Waals surface area contributed by atoms with E-state index in [2.05, 4.69) is 11.5 Å². The lowest BCUT2D eigenvalue weighted by atomic mass is 9.63. The number of carbonyl (C=O) groups is 1.